The van der Waals surface area contributed by atoms with Crippen molar-refractivity contribution in [3.05, 3.63) is 0 Å². The minimum Gasteiger partial charge on any atom is -0.252 e. The highest BCUT2D eigenvalue weighted by Crippen LogP contribution is 2.79. The molecule has 13 nitrogen and oxygen atoms in total. The maximum atomic E-state index is 6.52. The number of rotatable bonds is 24. The van der Waals surface area contributed by atoms with Gasteiger partial charge in [0.25, 0.3) is 0 Å². The molecule has 0 unspecified atom stereocenters. The lowest BCUT2D eigenvalue weighted by Crippen LogP contribution is -2.42. The van der Waals surface area contributed by atoms with Gasteiger partial charge in [0.1, 0.15) is 0 Å². The molecule has 0 amide bonds. The van der Waals surface area contributed by atoms with Crippen molar-refractivity contribution >= 4 is 30.0 Å². The molecule has 0 fully saturated rings. The molecule has 0 atom stereocenters. The fraction of sp³-hybridized carbons (Fsp3) is 1.00. The first kappa shape index (κ1) is 51.6. The van der Waals surface area contributed by atoms with E-state index in [1.165, 1.54) is 0 Å². The molecule has 0 aliphatic carbocycles. The first-order valence-corrected chi connectivity index (χ1v) is 26.3. The third kappa shape index (κ3) is 11.3. The van der Waals surface area contributed by atoms with Crippen molar-refractivity contribution in [3.8, 4) is 0 Å². The zero-order valence-electron chi connectivity index (χ0n) is 37.6. The monoisotopic (exact) mass is 802 g/mol. The second-order valence-corrected chi connectivity index (χ2v) is 26.5. The van der Waals surface area contributed by atoms with Crippen molar-refractivity contribution in [2.45, 2.75) is 109 Å². The molecule has 0 saturated heterocycles. The van der Waals surface area contributed by atoms with Gasteiger partial charge in [-0.15, -0.1) is 0 Å². The topological polar surface area (TPSA) is 78.6 Å². The Kier molecular flexibility index (Phi) is 23.2. The quantitative estimate of drug-likeness (QED) is 0.0887. The Morgan fingerprint density at radius 3 is 0.647 bits per heavy atom. The third-order valence-corrected chi connectivity index (χ3v) is 27.2. The van der Waals surface area contributed by atoms with Gasteiger partial charge in [0.05, 0.1) is 5.54 Å². The Morgan fingerprint density at radius 1 is 0.333 bits per heavy atom. The highest BCUT2D eigenvalue weighted by molar-refractivity contribution is 7.80. The van der Waals surface area contributed by atoms with Crippen molar-refractivity contribution in [1.29, 1.82) is 0 Å². The van der Waals surface area contributed by atoms with E-state index < -0.39 is 35.6 Å². The summed E-state index contributed by atoms with van der Waals surface area (Å²) >= 11 is 0. The second-order valence-electron chi connectivity index (χ2n) is 14.1. The molecule has 0 N–H and O–H groups in total. The van der Waals surface area contributed by atoms with Gasteiger partial charge in [-0.25, -0.2) is 32.8 Å². The molecule has 51 heavy (non-hydrogen) atoms. The van der Waals surface area contributed by atoms with E-state index in [1.54, 1.807) is 0 Å². The number of hydrogen-bond acceptors (Lipinski definition) is 1. The molecule has 17 heteroatoms. The van der Waals surface area contributed by atoms with Crippen molar-refractivity contribution in [3.63, 3.8) is 0 Å². The summed E-state index contributed by atoms with van der Waals surface area (Å²) in [5.74, 6) is 0. The summed E-state index contributed by atoms with van der Waals surface area (Å²) < 4.78 is 48.2. The van der Waals surface area contributed by atoms with E-state index in [0.717, 1.165) is 78.5 Å². The molecule has 0 aliphatic heterocycles. The van der Waals surface area contributed by atoms with Crippen LogP contribution in [0.5, 0.6) is 0 Å². The van der Waals surface area contributed by atoms with E-state index in [1.807, 2.05) is 0 Å². The van der Waals surface area contributed by atoms with Gasteiger partial charge in [-0.05, 0) is 63.1 Å². The highest BCUT2D eigenvalue weighted by Gasteiger charge is 2.46. The van der Waals surface area contributed by atoms with Crippen LogP contribution < -0.4 is 0 Å². The Labute approximate surface area is 319 Å². The van der Waals surface area contributed by atoms with Crippen LogP contribution >= 0.6 is 30.0 Å². The van der Waals surface area contributed by atoms with E-state index in [9.17, 15) is 0 Å². The van der Waals surface area contributed by atoms with Crippen molar-refractivity contribution in [2.75, 3.05) is 121 Å². The smallest absolute Gasteiger partial charge is 0.252 e. The molecule has 0 rings (SSSR count). The Bertz CT molecular complexity index is 1040. The van der Waals surface area contributed by atoms with E-state index in [2.05, 4.69) is 188 Å². The van der Waals surface area contributed by atoms with E-state index in [0.29, 0.717) is 0 Å². The summed E-state index contributed by atoms with van der Waals surface area (Å²) in [5, 5.41) is 0. The summed E-state index contributed by atoms with van der Waals surface area (Å²) in [4.78, 5) is 0. The van der Waals surface area contributed by atoms with Gasteiger partial charge in [0, 0.05) is 78.5 Å². The summed E-state index contributed by atoms with van der Waals surface area (Å²) in [7, 11) is 1.89. The van der Waals surface area contributed by atoms with E-state index in [4.69, 9.17) is 18.3 Å². The van der Waals surface area contributed by atoms with Gasteiger partial charge in [-0.3, -0.25) is 14.0 Å². The second kappa shape index (κ2) is 23.0. The molecule has 0 aromatic heterocycles. The van der Waals surface area contributed by atoms with Crippen LogP contribution in [0.2, 0.25) is 0 Å². The lowest BCUT2D eigenvalue weighted by Gasteiger charge is -2.51. The van der Waals surface area contributed by atoms with Crippen LogP contribution in [-0.2, 0) is 0 Å². The molecule has 0 aliphatic rings. The van der Waals surface area contributed by atoms with Gasteiger partial charge in [0.15, 0.2) is 22.5 Å². The van der Waals surface area contributed by atoms with Gasteiger partial charge >= 0.3 is 7.51 Å². The zero-order chi connectivity index (χ0) is 40.0. The van der Waals surface area contributed by atoms with Crippen LogP contribution in [0.4, 0.5) is 0 Å². The molecule has 0 bridgehead atoms. The van der Waals surface area contributed by atoms with Crippen molar-refractivity contribution in [2.24, 2.45) is 18.3 Å². The predicted molar refractivity (Wildman–Crippen MR) is 236 cm³/mol. The fourth-order valence-corrected chi connectivity index (χ4v) is 27.4. The van der Waals surface area contributed by atoms with E-state index in [-0.39, 0.29) is 0 Å². The summed E-state index contributed by atoms with van der Waals surface area (Å²) in [6.45, 7) is 44.8. The van der Waals surface area contributed by atoms with E-state index >= 15 is 0 Å². The number of nitrogens with zero attached hydrogens (tertiary/aromatic N) is 13. The lowest BCUT2D eigenvalue weighted by atomic mass is 10.1. The molecule has 0 aromatic carbocycles. The molecule has 0 heterocycles. The summed E-state index contributed by atoms with van der Waals surface area (Å²) in [5.41, 5.74) is -0.457. The van der Waals surface area contributed by atoms with Crippen LogP contribution in [0.25, 0.3) is 0 Å². The lowest BCUT2D eigenvalue weighted by molar-refractivity contribution is 0.340. The van der Waals surface area contributed by atoms with Crippen LogP contribution in [0, 0.1) is 0 Å². The third-order valence-electron chi connectivity index (χ3n) is 9.42. The molecule has 308 valence electrons. The fourth-order valence-electron chi connectivity index (χ4n) is 7.34. The minimum absolute atomic E-state index is 0.457. The molecular weight excluding hydrogens is 714 g/mol. The zero-order valence-corrected chi connectivity index (χ0v) is 41.2. The predicted octanol–water partition coefficient (Wildman–Crippen LogP) is 10.3. The maximum Gasteiger partial charge on any atom is 0.306 e. The SMILES string of the molecule is CCN(CC)P(=NP(=NC(C)(C)C)(N=P(N(C)C)(N(C)C)N(C)C)N=P(N(CC)CC)(N(CC)CC)N(CC)CC)(N(CC)CC)N(CC)CC. The van der Waals surface area contributed by atoms with Gasteiger partial charge in [-0.2, -0.15) is 13.5 Å². The first-order chi connectivity index (χ1) is 23.8. The Balaban J connectivity index is 10.6. The van der Waals surface area contributed by atoms with Crippen molar-refractivity contribution < 1.29 is 0 Å². The molecule has 0 saturated carbocycles. The Hall–Kier alpha value is 0.560. The molecule has 0 radical (unpaired) electrons. The van der Waals surface area contributed by atoms with Crippen LogP contribution in [-0.4, -0.2) is 168 Å². The van der Waals surface area contributed by atoms with Crippen LogP contribution in [0.3, 0.4) is 0 Å². The molecular formula is C34H87N13P4. The average molecular weight is 802 g/mol. The van der Waals surface area contributed by atoms with Gasteiger partial charge in [0.2, 0.25) is 0 Å². The molecule has 0 spiro atoms. The largest absolute Gasteiger partial charge is 0.306 e. The Morgan fingerprint density at radius 2 is 0.510 bits per heavy atom. The summed E-state index contributed by atoms with van der Waals surface area (Å²) in [6, 6.07) is 0. The average Bonchev–Trinajstić information content (AvgIpc) is 3.05. The van der Waals surface area contributed by atoms with Gasteiger partial charge < -0.3 is 0 Å². The standard InChI is InChI=1S/C34H87N13P4/c1-22-42(23-2)50(43(24-3)25-4,44(26-5)27-6)37-48(35-34(13,14)15,36-49(39(16)17,40(18)19)41(20)21)38-51(45(28-7)29-8,46(30-9)31-10)47(32-11)33-12/h22-33H2,1-21H3. The highest BCUT2D eigenvalue weighted by atomic mass is 31.3. The van der Waals surface area contributed by atoms with Gasteiger partial charge in [-0.1, -0.05) is 83.1 Å². The number of hydrogen-bond donors (Lipinski definition) is 0. The normalized spacial score (nSPS) is 14.2. The van der Waals surface area contributed by atoms with Crippen LogP contribution in [0.1, 0.15) is 104 Å². The molecule has 0 aromatic rings. The van der Waals surface area contributed by atoms with Crippen molar-refractivity contribution in [1.82, 2.24) is 42.0 Å². The first-order valence-electron chi connectivity index (χ1n) is 19.9. The minimum atomic E-state index is -3.35. The van der Waals surface area contributed by atoms with Crippen LogP contribution in [0.15, 0.2) is 18.3 Å². The summed E-state index contributed by atoms with van der Waals surface area (Å²) in [6.07, 6.45) is 0. The maximum absolute atomic E-state index is 6.52.